The number of nitrogens with one attached hydrogen (secondary N) is 2. The van der Waals surface area contributed by atoms with E-state index in [0.29, 0.717) is 19.4 Å². The molecule has 0 radical (unpaired) electrons. The number of rotatable bonds is 7. The maximum atomic E-state index is 11.7. The molecule has 0 aromatic carbocycles. The number of aliphatic carboxylic acids is 1. The fraction of sp³-hybridized carbons (Fsp3) is 0.615. The Morgan fingerprint density at radius 3 is 2.70 bits per heavy atom. The van der Waals surface area contributed by atoms with Crippen molar-refractivity contribution in [3.05, 3.63) is 18.0 Å². The largest absolute Gasteiger partial charge is 0.480 e. The van der Waals surface area contributed by atoms with Crippen LogP contribution in [0.4, 0.5) is 4.79 Å². The van der Waals surface area contributed by atoms with Crippen molar-refractivity contribution in [3.63, 3.8) is 0 Å². The van der Waals surface area contributed by atoms with Crippen molar-refractivity contribution in [3.8, 4) is 0 Å². The monoisotopic (exact) mass is 282 g/mol. The molecule has 0 fully saturated rings. The molecule has 0 aliphatic heterocycles. The standard InChI is InChI=1S/C13H22N4O3/c1-4-9(2)11(12(18)19)15-13(20)14-7-5-10-6-8-17(3)16-10/h6,8-9,11H,4-5,7H2,1-3H3,(H,18,19)(H2,14,15,20)/t9?,11-/m0/s1. The molecule has 0 aliphatic carbocycles. The summed E-state index contributed by atoms with van der Waals surface area (Å²) in [5.41, 5.74) is 0.879. The van der Waals surface area contributed by atoms with Crippen molar-refractivity contribution in [2.75, 3.05) is 6.54 Å². The van der Waals surface area contributed by atoms with Gasteiger partial charge in [0.1, 0.15) is 6.04 Å². The van der Waals surface area contributed by atoms with Crippen LogP contribution in [-0.2, 0) is 18.3 Å². The van der Waals surface area contributed by atoms with E-state index in [1.807, 2.05) is 26.2 Å². The van der Waals surface area contributed by atoms with E-state index >= 15 is 0 Å². The number of carboxylic acid groups (broad SMARTS) is 1. The molecule has 0 spiro atoms. The Balaban J connectivity index is 2.36. The van der Waals surface area contributed by atoms with Gasteiger partial charge in [0.2, 0.25) is 0 Å². The number of aryl methyl sites for hydroxylation is 1. The van der Waals surface area contributed by atoms with Gasteiger partial charge in [0, 0.05) is 26.2 Å². The van der Waals surface area contributed by atoms with Crippen LogP contribution in [0.5, 0.6) is 0 Å². The summed E-state index contributed by atoms with van der Waals surface area (Å²) in [7, 11) is 1.83. The molecule has 20 heavy (non-hydrogen) atoms. The van der Waals surface area contributed by atoms with Crippen LogP contribution in [-0.4, -0.2) is 39.5 Å². The lowest BCUT2D eigenvalue weighted by Crippen LogP contribution is -2.49. The van der Waals surface area contributed by atoms with Crippen LogP contribution in [0.15, 0.2) is 12.3 Å². The molecule has 0 bridgehead atoms. The second-order valence-electron chi connectivity index (χ2n) is 4.83. The summed E-state index contributed by atoms with van der Waals surface area (Å²) in [5.74, 6) is -1.13. The number of nitrogens with zero attached hydrogens (tertiary/aromatic N) is 2. The van der Waals surface area contributed by atoms with Crippen molar-refractivity contribution in [1.82, 2.24) is 20.4 Å². The molecule has 1 rings (SSSR count). The van der Waals surface area contributed by atoms with Gasteiger partial charge in [0.05, 0.1) is 5.69 Å². The zero-order chi connectivity index (χ0) is 15.1. The van der Waals surface area contributed by atoms with Gasteiger partial charge >= 0.3 is 12.0 Å². The van der Waals surface area contributed by atoms with E-state index < -0.39 is 18.0 Å². The first-order valence-electron chi connectivity index (χ1n) is 6.69. The molecule has 112 valence electrons. The van der Waals surface area contributed by atoms with Crippen LogP contribution in [0.2, 0.25) is 0 Å². The van der Waals surface area contributed by atoms with E-state index in [4.69, 9.17) is 5.11 Å². The maximum Gasteiger partial charge on any atom is 0.326 e. The van der Waals surface area contributed by atoms with Crippen molar-refractivity contribution < 1.29 is 14.7 Å². The van der Waals surface area contributed by atoms with Crippen molar-refractivity contribution >= 4 is 12.0 Å². The fourth-order valence-corrected chi connectivity index (χ4v) is 1.78. The van der Waals surface area contributed by atoms with Gasteiger partial charge in [-0.25, -0.2) is 9.59 Å². The van der Waals surface area contributed by atoms with E-state index in [2.05, 4.69) is 15.7 Å². The van der Waals surface area contributed by atoms with Crippen LogP contribution in [0.25, 0.3) is 0 Å². The molecule has 7 heteroatoms. The van der Waals surface area contributed by atoms with Crippen molar-refractivity contribution in [1.29, 1.82) is 0 Å². The van der Waals surface area contributed by atoms with Gasteiger partial charge in [-0.3, -0.25) is 4.68 Å². The predicted octanol–water partition coefficient (Wildman–Crippen LogP) is 0.761. The SMILES string of the molecule is CCC(C)[C@H](NC(=O)NCCc1ccn(C)n1)C(=O)O. The number of carbonyl (C=O) groups is 2. The second kappa shape index (κ2) is 7.52. The Morgan fingerprint density at radius 1 is 1.50 bits per heavy atom. The van der Waals surface area contributed by atoms with Gasteiger partial charge < -0.3 is 15.7 Å². The van der Waals surface area contributed by atoms with Crippen LogP contribution >= 0.6 is 0 Å². The van der Waals surface area contributed by atoms with Crippen LogP contribution in [0.3, 0.4) is 0 Å². The summed E-state index contributed by atoms with van der Waals surface area (Å²) in [6.07, 6.45) is 3.12. The third-order valence-electron chi connectivity index (χ3n) is 3.20. The second-order valence-corrected chi connectivity index (χ2v) is 4.83. The van der Waals surface area contributed by atoms with Gasteiger partial charge in [-0.2, -0.15) is 5.10 Å². The van der Waals surface area contributed by atoms with E-state index in [1.165, 1.54) is 0 Å². The number of aromatic nitrogens is 2. The van der Waals surface area contributed by atoms with Crippen LogP contribution < -0.4 is 10.6 Å². The highest BCUT2D eigenvalue weighted by Crippen LogP contribution is 2.07. The number of hydrogen-bond acceptors (Lipinski definition) is 3. The number of amides is 2. The minimum atomic E-state index is -1.01. The maximum absolute atomic E-state index is 11.7. The zero-order valence-electron chi connectivity index (χ0n) is 12.1. The normalized spacial score (nSPS) is 13.6. The minimum Gasteiger partial charge on any atom is -0.480 e. The Kier molecular flexibility index (Phi) is 6.02. The number of hydrogen-bond donors (Lipinski definition) is 3. The summed E-state index contributed by atoms with van der Waals surface area (Å²) in [6, 6.07) is 0.544. The number of carbonyl (C=O) groups excluding carboxylic acids is 1. The molecule has 7 nitrogen and oxygen atoms in total. The fourth-order valence-electron chi connectivity index (χ4n) is 1.78. The highest BCUT2D eigenvalue weighted by molar-refractivity contribution is 5.82. The van der Waals surface area contributed by atoms with Gasteiger partial charge in [0.25, 0.3) is 0 Å². The molecule has 1 aromatic rings. The van der Waals surface area contributed by atoms with Crippen molar-refractivity contribution in [2.24, 2.45) is 13.0 Å². The van der Waals surface area contributed by atoms with Gasteiger partial charge in [-0.05, 0) is 12.0 Å². The Labute approximate surface area is 118 Å². The summed E-state index contributed by atoms with van der Waals surface area (Å²) >= 11 is 0. The lowest BCUT2D eigenvalue weighted by molar-refractivity contribution is -0.140. The highest BCUT2D eigenvalue weighted by atomic mass is 16.4. The van der Waals surface area contributed by atoms with Gasteiger partial charge in [-0.15, -0.1) is 0 Å². The smallest absolute Gasteiger partial charge is 0.326 e. The Hall–Kier alpha value is -2.05. The van der Waals surface area contributed by atoms with E-state index in [1.54, 1.807) is 11.6 Å². The van der Waals surface area contributed by atoms with Gasteiger partial charge in [-0.1, -0.05) is 20.3 Å². The molecule has 1 unspecified atom stereocenters. The molecule has 0 saturated heterocycles. The first-order valence-corrected chi connectivity index (χ1v) is 6.69. The van der Waals surface area contributed by atoms with E-state index in [-0.39, 0.29) is 5.92 Å². The Bertz CT molecular complexity index is 458. The zero-order valence-corrected chi connectivity index (χ0v) is 12.1. The lowest BCUT2D eigenvalue weighted by Gasteiger charge is -2.20. The molecule has 3 N–H and O–H groups in total. The number of carboxylic acids is 1. The molecular formula is C13H22N4O3. The van der Waals surface area contributed by atoms with E-state index in [9.17, 15) is 9.59 Å². The first-order chi connectivity index (χ1) is 9.43. The number of urea groups is 1. The molecule has 0 saturated carbocycles. The molecule has 1 aromatic heterocycles. The first kappa shape index (κ1) is 16.0. The molecule has 2 atom stereocenters. The van der Waals surface area contributed by atoms with Crippen molar-refractivity contribution in [2.45, 2.75) is 32.7 Å². The summed E-state index contributed by atoms with van der Waals surface area (Å²) in [4.78, 5) is 22.7. The summed E-state index contributed by atoms with van der Waals surface area (Å²) < 4.78 is 1.69. The van der Waals surface area contributed by atoms with Crippen LogP contribution in [0, 0.1) is 5.92 Å². The average molecular weight is 282 g/mol. The Morgan fingerprint density at radius 2 is 2.20 bits per heavy atom. The lowest BCUT2D eigenvalue weighted by atomic mass is 9.99. The quantitative estimate of drug-likeness (QED) is 0.688. The summed E-state index contributed by atoms with van der Waals surface area (Å²) in [5, 5.41) is 18.4. The minimum absolute atomic E-state index is 0.117. The molecule has 0 aliphatic rings. The average Bonchev–Trinajstić information content (AvgIpc) is 2.80. The molecule has 2 amide bonds. The van der Waals surface area contributed by atoms with Gasteiger partial charge in [0.15, 0.2) is 0 Å². The van der Waals surface area contributed by atoms with E-state index in [0.717, 1.165) is 5.69 Å². The third-order valence-corrected chi connectivity index (χ3v) is 3.20. The predicted molar refractivity (Wildman–Crippen MR) is 74.3 cm³/mol. The third kappa shape index (κ3) is 4.91. The molecular weight excluding hydrogens is 260 g/mol. The summed E-state index contributed by atoms with van der Waals surface area (Å²) in [6.45, 7) is 4.10. The van der Waals surface area contributed by atoms with Crippen LogP contribution in [0.1, 0.15) is 26.0 Å². The topological polar surface area (TPSA) is 96.3 Å². The molecule has 1 heterocycles. The highest BCUT2D eigenvalue weighted by Gasteiger charge is 2.24.